The van der Waals surface area contributed by atoms with Crippen molar-refractivity contribution in [2.24, 2.45) is 0 Å². The summed E-state index contributed by atoms with van der Waals surface area (Å²) in [4.78, 5) is 13.7. The average molecular weight is 233 g/mol. The van der Waals surface area contributed by atoms with Crippen molar-refractivity contribution in [3.05, 3.63) is 29.8 Å². The van der Waals surface area contributed by atoms with E-state index in [4.69, 9.17) is 4.74 Å². The third-order valence-corrected chi connectivity index (χ3v) is 3.69. The quantitative estimate of drug-likeness (QED) is 0.798. The maximum atomic E-state index is 12.0. The van der Waals surface area contributed by atoms with E-state index in [1.54, 1.807) is 11.8 Å². The Hall–Kier alpha value is -1.39. The molecule has 1 fully saturated rings. The molecule has 0 spiro atoms. The van der Waals surface area contributed by atoms with Crippen LogP contribution in [0, 0.1) is 0 Å². The SMILES string of the molecule is C[C@@H](O)C12CCC(=O)N1c1ccccc1CO2. The van der Waals surface area contributed by atoms with Crippen molar-refractivity contribution in [3.63, 3.8) is 0 Å². The van der Waals surface area contributed by atoms with Gasteiger partial charge in [-0.3, -0.25) is 9.69 Å². The molecule has 1 aromatic carbocycles. The lowest BCUT2D eigenvalue weighted by Gasteiger charge is -2.44. The zero-order valence-electron chi connectivity index (χ0n) is 9.72. The fraction of sp³-hybridized carbons (Fsp3) is 0.462. The van der Waals surface area contributed by atoms with E-state index in [1.165, 1.54) is 0 Å². The molecule has 4 heteroatoms. The Morgan fingerprint density at radius 1 is 1.47 bits per heavy atom. The van der Waals surface area contributed by atoms with E-state index in [0.717, 1.165) is 11.3 Å². The van der Waals surface area contributed by atoms with Gasteiger partial charge in [-0.15, -0.1) is 0 Å². The van der Waals surface area contributed by atoms with Gasteiger partial charge in [-0.2, -0.15) is 0 Å². The summed E-state index contributed by atoms with van der Waals surface area (Å²) in [6, 6.07) is 7.70. The predicted molar refractivity (Wildman–Crippen MR) is 62.4 cm³/mol. The molecule has 90 valence electrons. The molecule has 0 bridgehead atoms. The summed E-state index contributed by atoms with van der Waals surface area (Å²) in [6.07, 6.45) is 0.291. The molecule has 3 rings (SSSR count). The second-order valence-corrected chi connectivity index (χ2v) is 4.67. The number of fused-ring (bicyclic) bond motifs is 3. The van der Waals surface area contributed by atoms with Crippen LogP contribution in [0.1, 0.15) is 25.3 Å². The van der Waals surface area contributed by atoms with Gasteiger partial charge >= 0.3 is 0 Å². The van der Waals surface area contributed by atoms with Crippen LogP contribution in [0.15, 0.2) is 24.3 Å². The molecule has 2 aliphatic heterocycles. The van der Waals surface area contributed by atoms with Crippen molar-refractivity contribution in [1.29, 1.82) is 0 Å². The third kappa shape index (κ3) is 1.34. The zero-order valence-corrected chi connectivity index (χ0v) is 9.72. The maximum Gasteiger partial charge on any atom is 0.229 e. The minimum absolute atomic E-state index is 0.0260. The van der Waals surface area contributed by atoms with Crippen LogP contribution >= 0.6 is 0 Å². The number of benzene rings is 1. The highest BCUT2D eigenvalue weighted by Crippen LogP contribution is 2.44. The van der Waals surface area contributed by atoms with Gasteiger partial charge in [-0.25, -0.2) is 0 Å². The van der Waals surface area contributed by atoms with Crippen LogP contribution in [0.5, 0.6) is 0 Å². The number of para-hydroxylation sites is 1. The molecule has 1 saturated heterocycles. The van der Waals surface area contributed by atoms with Gasteiger partial charge in [0.2, 0.25) is 5.91 Å². The minimum atomic E-state index is -0.856. The van der Waals surface area contributed by atoms with Crippen molar-refractivity contribution in [1.82, 2.24) is 0 Å². The minimum Gasteiger partial charge on any atom is -0.388 e. The average Bonchev–Trinajstić information content (AvgIpc) is 2.69. The molecule has 0 radical (unpaired) electrons. The standard InChI is InChI=1S/C13H15NO3/c1-9(15)13-7-6-12(16)14(13)11-5-3-2-4-10(11)8-17-13/h2-5,9,15H,6-8H2,1H3/t9-,13?/m1/s1. The van der Waals surface area contributed by atoms with Crippen molar-refractivity contribution < 1.29 is 14.6 Å². The molecular formula is C13H15NO3. The number of hydrogen-bond acceptors (Lipinski definition) is 3. The van der Waals surface area contributed by atoms with E-state index in [0.29, 0.717) is 19.4 Å². The normalized spacial score (nSPS) is 28.8. The number of carbonyl (C=O) groups is 1. The Labute approximate surface area is 99.8 Å². The van der Waals surface area contributed by atoms with Crippen molar-refractivity contribution in [2.45, 2.75) is 38.2 Å². The van der Waals surface area contributed by atoms with E-state index in [1.807, 2.05) is 24.3 Å². The molecule has 2 heterocycles. The Morgan fingerprint density at radius 3 is 3.00 bits per heavy atom. The highest BCUT2D eigenvalue weighted by molar-refractivity contribution is 5.98. The summed E-state index contributed by atoms with van der Waals surface area (Å²) in [5.74, 6) is 0.0260. The number of nitrogens with zero attached hydrogens (tertiary/aromatic N) is 1. The first-order chi connectivity index (χ1) is 8.15. The largest absolute Gasteiger partial charge is 0.388 e. The van der Waals surface area contributed by atoms with E-state index in [2.05, 4.69) is 0 Å². The summed E-state index contributed by atoms with van der Waals surface area (Å²) < 4.78 is 5.80. The van der Waals surface area contributed by atoms with Gasteiger partial charge in [0, 0.05) is 18.4 Å². The van der Waals surface area contributed by atoms with Crippen LogP contribution in [-0.4, -0.2) is 22.8 Å². The smallest absolute Gasteiger partial charge is 0.229 e. The summed E-state index contributed by atoms with van der Waals surface area (Å²) in [7, 11) is 0. The first kappa shape index (κ1) is 10.7. The van der Waals surface area contributed by atoms with Crippen LogP contribution in [0.25, 0.3) is 0 Å². The Balaban J connectivity index is 2.15. The lowest BCUT2D eigenvalue weighted by molar-refractivity contribution is -0.136. The molecule has 2 aliphatic rings. The Morgan fingerprint density at radius 2 is 2.24 bits per heavy atom. The van der Waals surface area contributed by atoms with Crippen LogP contribution < -0.4 is 4.90 Å². The molecule has 1 amide bonds. The van der Waals surface area contributed by atoms with Crippen LogP contribution in [-0.2, 0) is 16.1 Å². The Kier molecular flexibility index (Phi) is 2.24. The number of ether oxygens (including phenoxy) is 1. The molecular weight excluding hydrogens is 218 g/mol. The molecule has 1 N–H and O–H groups in total. The van der Waals surface area contributed by atoms with E-state index < -0.39 is 11.8 Å². The van der Waals surface area contributed by atoms with Gasteiger partial charge in [0.1, 0.15) is 0 Å². The fourth-order valence-corrected chi connectivity index (χ4v) is 2.77. The van der Waals surface area contributed by atoms with Gasteiger partial charge in [-0.1, -0.05) is 18.2 Å². The van der Waals surface area contributed by atoms with Crippen LogP contribution in [0.2, 0.25) is 0 Å². The van der Waals surface area contributed by atoms with Crippen LogP contribution in [0.4, 0.5) is 5.69 Å². The number of aliphatic hydroxyl groups is 1. The summed E-state index contributed by atoms with van der Waals surface area (Å²) >= 11 is 0. The number of carbonyl (C=O) groups excluding carboxylic acids is 1. The molecule has 0 aromatic heterocycles. The molecule has 0 saturated carbocycles. The predicted octanol–water partition coefficient (Wildman–Crippen LogP) is 1.42. The number of rotatable bonds is 1. The van der Waals surface area contributed by atoms with Gasteiger partial charge in [0.05, 0.1) is 18.4 Å². The molecule has 1 aromatic rings. The van der Waals surface area contributed by atoms with Gasteiger partial charge in [0.15, 0.2) is 5.72 Å². The van der Waals surface area contributed by atoms with Gasteiger partial charge in [0.25, 0.3) is 0 Å². The Bertz CT molecular complexity index is 471. The van der Waals surface area contributed by atoms with Crippen molar-refractivity contribution >= 4 is 11.6 Å². The van der Waals surface area contributed by atoms with E-state index in [9.17, 15) is 9.90 Å². The number of hydrogen-bond donors (Lipinski definition) is 1. The first-order valence-electron chi connectivity index (χ1n) is 5.88. The molecule has 4 nitrogen and oxygen atoms in total. The monoisotopic (exact) mass is 233 g/mol. The lowest BCUT2D eigenvalue weighted by atomic mass is 10.0. The summed E-state index contributed by atoms with van der Waals surface area (Å²) in [5, 5.41) is 9.96. The van der Waals surface area contributed by atoms with Crippen LogP contribution in [0.3, 0.4) is 0 Å². The molecule has 0 aliphatic carbocycles. The maximum absolute atomic E-state index is 12.0. The second-order valence-electron chi connectivity index (χ2n) is 4.67. The summed E-state index contributed by atoms with van der Waals surface area (Å²) in [6.45, 7) is 2.13. The third-order valence-electron chi connectivity index (χ3n) is 3.69. The lowest BCUT2D eigenvalue weighted by Crippen LogP contribution is -2.57. The second kappa shape index (κ2) is 3.55. The van der Waals surface area contributed by atoms with Gasteiger partial charge < -0.3 is 9.84 Å². The molecule has 1 unspecified atom stereocenters. The van der Waals surface area contributed by atoms with Crippen molar-refractivity contribution in [2.75, 3.05) is 4.90 Å². The van der Waals surface area contributed by atoms with Crippen molar-refractivity contribution in [3.8, 4) is 0 Å². The summed E-state index contributed by atoms with van der Waals surface area (Å²) in [5.41, 5.74) is 1.02. The first-order valence-corrected chi connectivity index (χ1v) is 5.88. The van der Waals surface area contributed by atoms with E-state index >= 15 is 0 Å². The van der Waals surface area contributed by atoms with E-state index in [-0.39, 0.29) is 5.91 Å². The topological polar surface area (TPSA) is 49.8 Å². The fourth-order valence-electron chi connectivity index (χ4n) is 2.77. The number of aliphatic hydroxyl groups excluding tert-OH is 1. The highest BCUT2D eigenvalue weighted by Gasteiger charge is 2.53. The highest BCUT2D eigenvalue weighted by atomic mass is 16.5. The molecule has 17 heavy (non-hydrogen) atoms. The number of amides is 1. The zero-order chi connectivity index (χ0) is 12.0. The number of anilines is 1. The molecule has 2 atom stereocenters. The van der Waals surface area contributed by atoms with Gasteiger partial charge in [-0.05, 0) is 13.0 Å².